The molecule has 0 bridgehead atoms. The van der Waals surface area contributed by atoms with Crippen LogP contribution in [0, 0.1) is 0 Å². The van der Waals surface area contributed by atoms with Gasteiger partial charge in [0.1, 0.15) is 6.33 Å². The number of anilines is 2. The highest BCUT2D eigenvalue weighted by molar-refractivity contribution is 5.58. The van der Waals surface area contributed by atoms with E-state index in [1.807, 2.05) is 47.3 Å². The molecule has 2 aromatic heterocycles. The lowest BCUT2D eigenvalue weighted by Gasteiger charge is -2.09. The third-order valence-corrected chi connectivity index (χ3v) is 3.04. The van der Waals surface area contributed by atoms with Gasteiger partial charge in [-0.05, 0) is 30.2 Å². The summed E-state index contributed by atoms with van der Waals surface area (Å²) in [5.41, 5.74) is 2.26. The van der Waals surface area contributed by atoms with Gasteiger partial charge in [-0.15, -0.1) is 0 Å². The maximum Gasteiger partial charge on any atom is 0.238 e. The minimum Gasteiger partial charge on any atom is -0.324 e. The van der Waals surface area contributed by atoms with Gasteiger partial charge < -0.3 is 5.32 Å². The molecule has 5 nitrogen and oxygen atoms in total. The fourth-order valence-electron chi connectivity index (χ4n) is 2.01. The number of aromatic nitrogens is 4. The van der Waals surface area contributed by atoms with E-state index in [0.29, 0.717) is 11.9 Å². The Kier molecular flexibility index (Phi) is 3.41. The lowest BCUT2D eigenvalue weighted by molar-refractivity contribution is 0.906. The van der Waals surface area contributed by atoms with Crippen molar-refractivity contribution >= 4 is 11.6 Å². The summed E-state index contributed by atoms with van der Waals surface area (Å²) in [5, 5.41) is 3.25. The van der Waals surface area contributed by atoms with E-state index in [0.717, 1.165) is 12.1 Å². The van der Waals surface area contributed by atoms with E-state index in [2.05, 4.69) is 33.3 Å². The summed E-state index contributed by atoms with van der Waals surface area (Å²) >= 11 is 0. The SMILES string of the molecule is CCc1ccccc1Nc1ncnc(-n2cccc2)n1. The van der Waals surface area contributed by atoms with Crippen LogP contribution in [0.25, 0.3) is 5.95 Å². The van der Waals surface area contributed by atoms with Crippen LogP contribution in [0.4, 0.5) is 11.6 Å². The molecule has 0 unspecified atom stereocenters. The van der Waals surface area contributed by atoms with Crippen molar-refractivity contribution in [2.24, 2.45) is 0 Å². The second-order valence-corrected chi connectivity index (χ2v) is 4.34. The molecule has 0 aliphatic heterocycles. The number of hydrogen-bond acceptors (Lipinski definition) is 4. The largest absolute Gasteiger partial charge is 0.324 e. The molecule has 0 saturated carbocycles. The van der Waals surface area contributed by atoms with E-state index >= 15 is 0 Å². The van der Waals surface area contributed by atoms with Crippen LogP contribution in [0.1, 0.15) is 12.5 Å². The van der Waals surface area contributed by atoms with Crippen molar-refractivity contribution in [2.75, 3.05) is 5.32 Å². The number of nitrogens with zero attached hydrogens (tertiary/aromatic N) is 4. The van der Waals surface area contributed by atoms with Crippen LogP contribution in [-0.4, -0.2) is 19.5 Å². The molecule has 5 heteroatoms. The zero-order valence-corrected chi connectivity index (χ0v) is 11.2. The summed E-state index contributed by atoms with van der Waals surface area (Å²) in [7, 11) is 0. The third-order valence-electron chi connectivity index (χ3n) is 3.04. The molecule has 3 rings (SSSR count). The van der Waals surface area contributed by atoms with Crippen LogP contribution in [0.3, 0.4) is 0 Å². The van der Waals surface area contributed by atoms with Crippen molar-refractivity contribution in [2.45, 2.75) is 13.3 Å². The van der Waals surface area contributed by atoms with Crippen molar-refractivity contribution in [1.82, 2.24) is 19.5 Å². The van der Waals surface area contributed by atoms with Gasteiger partial charge in [-0.2, -0.15) is 4.98 Å². The topological polar surface area (TPSA) is 55.6 Å². The van der Waals surface area contributed by atoms with Crippen LogP contribution in [0.2, 0.25) is 0 Å². The second-order valence-electron chi connectivity index (χ2n) is 4.34. The first kappa shape index (κ1) is 12.3. The Labute approximate surface area is 117 Å². The molecule has 0 atom stereocenters. The molecule has 3 aromatic rings. The number of nitrogens with one attached hydrogen (secondary N) is 1. The fraction of sp³-hybridized carbons (Fsp3) is 0.133. The molecular formula is C15H15N5. The van der Waals surface area contributed by atoms with Crippen LogP contribution in [-0.2, 0) is 6.42 Å². The molecule has 100 valence electrons. The molecule has 0 amide bonds. The summed E-state index contributed by atoms with van der Waals surface area (Å²) in [5.74, 6) is 1.14. The molecule has 0 fully saturated rings. The standard InChI is InChI=1S/C15H15N5/c1-2-12-7-3-4-8-13(12)18-14-16-11-17-15(19-14)20-9-5-6-10-20/h3-11H,2H2,1H3,(H,16,17,18,19). The minimum absolute atomic E-state index is 0.546. The number of aryl methyl sites for hydroxylation is 1. The number of para-hydroxylation sites is 1. The van der Waals surface area contributed by atoms with Crippen molar-refractivity contribution < 1.29 is 0 Å². The molecule has 0 aliphatic rings. The molecule has 0 spiro atoms. The highest BCUT2D eigenvalue weighted by Gasteiger charge is 2.05. The molecule has 0 saturated heterocycles. The Morgan fingerprint density at radius 2 is 1.85 bits per heavy atom. The van der Waals surface area contributed by atoms with Gasteiger partial charge in [-0.3, -0.25) is 4.57 Å². The van der Waals surface area contributed by atoms with E-state index < -0.39 is 0 Å². The van der Waals surface area contributed by atoms with Crippen molar-refractivity contribution in [3.63, 3.8) is 0 Å². The summed E-state index contributed by atoms with van der Waals surface area (Å²) < 4.78 is 1.85. The van der Waals surface area contributed by atoms with Gasteiger partial charge in [-0.25, -0.2) is 9.97 Å². The number of rotatable bonds is 4. The lowest BCUT2D eigenvalue weighted by atomic mass is 10.1. The van der Waals surface area contributed by atoms with E-state index in [9.17, 15) is 0 Å². The molecule has 20 heavy (non-hydrogen) atoms. The van der Waals surface area contributed by atoms with Crippen LogP contribution in [0.15, 0.2) is 55.1 Å². The summed E-state index contributed by atoms with van der Waals surface area (Å²) in [4.78, 5) is 12.8. The monoisotopic (exact) mass is 265 g/mol. The molecule has 0 aliphatic carbocycles. The Hall–Kier alpha value is -2.69. The van der Waals surface area contributed by atoms with Crippen molar-refractivity contribution in [3.8, 4) is 5.95 Å². The van der Waals surface area contributed by atoms with Crippen molar-refractivity contribution in [1.29, 1.82) is 0 Å². The van der Waals surface area contributed by atoms with Crippen LogP contribution in [0.5, 0.6) is 0 Å². The fourth-order valence-corrected chi connectivity index (χ4v) is 2.01. The second kappa shape index (κ2) is 5.52. The van der Waals surface area contributed by atoms with Gasteiger partial charge in [0.05, 0.1) is 0 Å². The van der Waals surface area contributed by atoms with Gasteiger partial charge in [0, 0.05) is 18.1 Å². The van der Waals surface area contributed by atoms with E-state index in [4.69, 9.17) is 0 Å². The zero-order valence-electron chi connectivity index (χ0n) is 11.2. The molecule has 0 radical (unpaired) electrons. The summed E-state index contributed by atoms with van der Waals surface area (Å²) in [6, 6.07) is 12.0. The lowest BCUT2D eigenvalue weighted by Crippen LogP contribution is -2.05. The maximum atomic E-state index is 4.42. The Bertz CT molecular complexity index is 691. The smallest absolute Gasteiger partial charge is 0.238 e. The Balaban J connectivity index is 1.90. The third kappa shape index (κ3) is 2.51. The number of benzene rings is 1. The van der Waals surface area contributed by atoms with Gasteiger partial charge in [0.15, 0.2) is 0 Å². The highest BCUT2D eigenvalue weighted by atomic mass is 15.2. The van der Waals surface area contributed by atoms with E-state index in [1.165, 1.54) is 11.9 Å². The zero-order chi connectivity index (χ0) is 13.8. The van der Waals surface area contributed by atoms with Gasteiger partial charge >= 0.3 is 0 Å². The first-order chi connectivity index (χ1) is 9.86. The normalized spacial score (nSPS) is 10.4. The van der Waals surface area contributed by atoms with Crippen molar-refractivity contribution in [3.05, 3.63) is 60.7 Å². The average Bonchev–Trinajstić information content (AvgIpc) is 3.02. The van der Waals surface area contributed by atoms with Gasteiger partial charge in [-0.1, -0.05) is 25.1 Å². The predicted octanol–water partition coefficient (Wildman–Crippen LogP) is 2.97. The van der Waals surface area contributed by atoms with E-state index in [-0.39, 0.29) is 0 Å². The molecular weight excluding hydrogens is 250 g/mol. The quantitative estimate of drug-likeness (QED) is 0.788. The molecule has 2 heterocycles. The Morgan fingerprint density at radius 1 is 1.05 bits per heavy atom. The van der Waals surface area contributed by atoms with Crippen LogP contribution >= 0.6 is 0 Å². The predicted molar refractivity (Wildman–Crippen MR) is 78.3 cm³/mol. The minimum atomic E-state index is 0.546. The first-order valence-electron chi connectivity index (χ1n) is 6.54. The van der Waals surface area contributed by atoms with Gasteiger partial charge in [0.25, 0.3) is 0 Å². The average molecular weight is 265 g/mol. The Morgan fingerprint density at radius 3 is 2.65 bits per heavy atom. The van der Waals surface area contributed by atoms with Gasteiger partial charge in [0.2, 0.25) is 11.9 Å². The van der Waals surface area contributed by atoms with Crippen LogP contribution < -0.4 is 5.32 Å². The number of hydrogen-bond donors (Lipinski definition) is 1. The maximum absolute atomic E-state index is 4.42. The molecule has 1 aromatic carbocycles. The highest BCUT2D eigenvalue weighted by Crippen LogP contribution is 2.18. The molecule has 1 N–H and O–H groups in total. The van der Waals surface area contributed by atoms with E-state index in [1.54, 1.807) is 0 Å². The first-order valence-corrected chi connectivity index (χ1v) is 6.54. The summed E-state index contributed by atoms with van der Waals surface area (Å²) in [6.07, 6.45) is 6.27. The summed E-state index contributed by atoms with van der Waals surface area (Å²) in [6.45, 7) is 2.12.